The van der Waals surface area contributed by atoms with Crippen LogP contribution >= 0.6 is 0 Å². The van der Waals surface area contributed by atoms with Gasteiger partial charge in [0.15, 0.2) is 0 Å². The molecule has 14 rings (SSSR count). The summed E-state index contributed by atoms with van der Waals surface area (Å²) in [5.74, 6) is 0. The molecule has 3 aromatic heterocycles. The normalized spacial score (nSPS) is 12.0. The SMILES string of the molecule is Nc1ccccc1N=C(c1ccccc1)c1cc(-c2ccc3c4cc(-c5cccc6c5oc5ccccc56)ccc4n(-c4ccc(-c5cccc6c5oc5ccccc56)cc4)c3c2)ccc1-c1ccccc1N. The molecule has 4 N–H and O–H groups in total. The summed E-state index contributed by atoms with van der Waals surface area (Å²) in [6.07, 6.45) is 0. The summed E-state index contributed by atoms with van der Waals surface area (Å²) in [5.41, 5.74) is 33.0. The number of aromatic nitrogens is 1. The number of hydrogen-bond donors (Lipinski definition) is 2. The van der Waals surface area contributed by atoms with E-state index in [4.69, 9.17) is 25.3 Å². The van der Waals surface area contributed by atoms with Crippen LogP contribution in [0.25, 0.3) is 116 Å². The van der Waals surface area contributed by atoms with Crippen LogP contribution in [0.4, 0.5) is 17.1 Å². The molecule has 0 aliphatic heterocycles. The van der Waals surface area contributed by atoms with Gasteiger partial charge in [-0.3, -0.25) is 0 Å². The van der Waals surface area contributed by atoms with E-state index in [-0.39, 0.29) is 0 Å². The molecule has 0 amide bonds. The number of nitrogens with zero attached hydrogens (tertiary/aromatic N) is 2. The van der Waals surface area contributed by atoms with E-state index in [1.165, 1.54) is 0 Å². The van der Waals surface area contributed by atoms with Gasteiger partial charge in [0.1, 0.15) is 22.3 Å². The molecule has 344 valence electrons. The van der Waals surface area contributed by atoms with Crippen molar-refractivity contribution >= 4 is 88.5 Å². The second kappa shape index (κ2) is 16.9. The maximum Gasteiger partial charge on any atom is 0.143 e. The summed E-state index contributed by atoms with van der Waals surface area (Å²) in [5, 5.41) is 6.71. The highest BCUT2D eigenvalue weighted by atomic mass is 16.3. The lowest BCUT2D eigenvalue weighted by atomic mass is 9.89. The van der Waals surface area contributed by atoms with Crippen molar-refractivity contribution in [1.29, 1.82) is 0 Å². The summed E-state index contributed by atoms with van der Waals surface area (Å²) in [6, 6.07) is 84.5. The first-order valence-corrected chi connectivity index (χ1v) is 24.5. The molecule has 6 nitrogen and oxygen atoms in total. The van der Waals surface area contributed by atoms with Crippen LogP contribution in [0.3, 0.4) is 0 Å². The van der Waals surface area contributed by atoms with Crippen LogP contribution in [0, 0.1) is 0 Å². The van der Waals surface area contributed by atoms with E-state index in [9.17, 15) is 0 Å². The van der Waals surface area contributed by atoms with Crippen LogP contribution in [0.2, 0.25) is 0 Å². The number of nitrogens with two attached hydrogens (primary N) is 2. The third kappa shape index (κ3) is 6.99. The van der Waals surface area contributed by atoms with Gasteiger partial charge in [-0.25, -0.2) is 4.99 Å². The molecule has 6 heteroatoms. The van der Waals surface area contributed by atoms with Crippen molar-refractivity contribution in [3.8, 4) is 50.2 Å². The second-order valence-corrected chi connectivity index (χ2v) is 18.6. The lowest BCUT2D eigenvalue weighted by molar-refractivity contribution is 0.669. The first kappa shape index (κ1) is 42.0. The Labute approximate surface area is 420 Å². The molecule has 0 fully saturated rings. The minimum Gasteiger partial charge on any atom is -0.455 e. The average Bonchev–Trinajstić information content (AvgIpc) is 4.13. The fourth-order valence-electron chi connectivity index (χ4n) is 10.9. The van der Waals surface area contributed by atoms with E-state index in [1.807, 2.05) is 84.9 Å². The Morgan fingerprint density at radius 2 is 0.918 bits per heavy atom. The highest BCUT2D eigenvalue weighted by molar-refractivity contribution is 6.19. The van der Waals surface area contributed by atoms with Gasteiger partial charge >= 0.3 is 0 Å². The van der Waals surface area contributed by atoms with Crippen LogP contribution < -0.4 is 11.5 Å². The van der Waals surface area contributed by atoms with E-state index in [0.717, 1.165) is 133 Å². The van der Waals surface area contributed by atoms with Gasteiger partial charge in [0, 0.05) is 71.5 Å². The molecule has 0 aliphatic rings. The Morgan fingerprint density at radius 3 is 1.63 bits per heavy atom. The van der Waals surface area contributed by atoms with Crippen LogP contribution in [-0.4, -0.2) is 10.3 Å². The van der Waals surface area contributed by atoms with Crippen molar-refractivity contribution < 1.29 is 8.83 Å². The molecule has 14 aromatic rings. The molecule has 0 radical (unpaired) electrons. The number of hydrogen-bond acceptors (Lipinski definition) is 5. The molecule has 0 atom stereocenters. The Hall–Kier alpha value is -9.91. The van der Waals surface area contributed by atoms with Crippen molar-refractivity contribution in [3.63, 3.8) is 0 Å². The zero-order valence-corrected chi connectivity index (χ0v) is 39.5. The maximum atomic E-state index is 6.76. The highest BCUT2D eigenvalue weighted by Gasteiger charge is 2.21. The lowest BCUT2D eigenvalue weighted by Crippen LogP contribution is -2.07. The number of fused-ring (bicyclic) bond motifs is 9. The molecule has 11 aromatic carbocycles. The number of anilines is 2. The standard InChI is InChI=1S/C67H44N4O2/c68-58-23-7-4-16-50(58)49-35-30-43(38-57(49)65(42-14-2-1-3-15-42)70-60-25-9-8-24-59(60)69)44-31-36-51-56-39-45(48-20-13-22-55-53-18-6-11-27-64(53)73-67(48)55)32-37-61(56)71(62(51)40-44)46-33-28-41(29-34-46)47-19-12-21-54-52-17-5-10-26-63(52)72-66(47)54/h1-40H,68-69H2. The second-order valence-electron chi connectivity index (χ2n) is 18.6. The molecule has 0 spiro atoms. The lowest BCUT2D eigenvalue weighted by Gasteiger charge is -2.17. The number of rotatable bonds is 8. The van der Waals surface area contributed by atoms with E-state index in [2.05, 4.69) is 162 Å². The predicted octanol–water partition coefficient (Wildman–Crippen LogP) is 17.6. The molecule has 0 saturated carbocycles. The van der Waals surface area contributed by atoms with Crippen molar-refractivity contribution in [2.24, 2.45) is 4.99 Å². The molecule has 73 heavy (non-hydrogen) atoms. The molecule has 0 unspecified atom stereocenters. The van der Waals surface area contributed by atoms with Gasteiger partial charge in [0.05, 0.1) is 28.1 Å². The Morgan fingerprint density at radius 1 is 0.356 bits per heavy atom. The monoisotopic (exact) mass is 936 g/mol. The summed E-state index contributed by atoms with van der Waals surface area (Å²) in [6.45, 7) is 0. The molecular formula is C67H44N4O2. The third-order valence-electron chi connectivity index (χ3n) is 14.4. The zero-order chi connectivity index (χ0) is 48.6. The quantitative estimate of drug-likeness (QED) is 0.117. The predicted molar refractivity (Wildman–Crippen MR) is 304 cm³/mol. The van der Waals surface area contributed by atoms with Crippen molar-refractivity contribution in [1.82, 2.24) is 4.57 Å². The maximum absolute atomic E-state index is 6.76. The van der Waals surface area contributed by atoms with Gasteiger partial charge in [0.25, 0.3) is 0 Å². The third-order valence-corrected chi connectivity index (χ3v) is 14.4. The minimum absolute atomic E-state index is 0.600. The van der Waals surface area contributed by atoms with Crippen LogP contribution in [-0.2, 0) is 0 Å². The fraction of sp³-hybridized carbons (Fsp3) is 0. The van der Waals surface area contributed by atoms with E-state index in [0.29, 0.717) is 17.1 Å². The van der Waals surface area contributed by atoms with Crippen molar-refractivity contribution in [3.05, 3.63) is 254 Å². The number of benzene rings is 11. The molecular weight excluding hydrogens is 893 g/mol. The van der Waals surface area contributed by atoms with Gasteiger partial charge in [-0.15, -0.1) is 0 Å². The van der Waals surface area contributed by atoms with E-state index >= 15 is 0 Å². The van der Waals surface area contributed by atoms with Gasteiger partial charge in [0.2, 0.25) is 0 Å². The topological polar surface area (TPSA) is 95.6 Å². The van der Waals surface area contributed by atoms with Gasteiger partial charge in [-0.05, 0) is 94.5 Å². The number of para-hydroxylation sites is 7. The van der Waals surface area contributed by atoms with Crippen LogP contribution in [0.15, 0.2) is 256 Å². The molecule has 0 aliphatic carbocycles. The summed E-state index contributed by atoms with van der Waals surface area (Å²) < 4.78 is 15.5. The molecule has 3 heterocycles. The highest BCUT2D eigenvalue weighted by Crippen LogP contribution is 2.43. The Bertz CT molecular complexity index is 4520. The molecule has 0 saturated heterocycles. The van der Waals surface area contributed by atoms with E-state index in [1.54, 1.807) is 0 Å². The number of aliphatic imine (C=N–C) groups is 1. The van der Waals surface area contributed by atoms with Gasteiger partial charge < -0.3 is 24.9 Å². The largest absolute Gasteiger partial charge is 0.455 e. The Kier molecular flexibility index (Phi) is 9.73. The number of furan rings is 2. The van der Waals surface area contributed by atoms with Gasteiger partial charge in [-0.1, -0.05) is 176 Å². The molecule has 0 bridgehead atoms. The fourth-order valence-corrected chi connectivity index (χ4v) is 10.9. The van der Waals surface area contributed by atoms with Crippen LogP contribution in [0.1, 0.15) is 11.1 Å². The van der Waals surface area contributed by atoms with Crippen LogP contribution in [0.5, 0.6) is 0 Å². The smallest absolute Gasteiger partial charge is 0.143 e. The van der Waals surface area contributed by atoms with E-state index < -0.39 is 0 Å². The average molecular weight is 937 g/mol. The zero-order valence-electron chi connectivity index (χ0n) is 39.5. The summed E-state index contributed by atoms with van der Waals surface area (Å²) >= 11 is 0. The number of nitrogen functional groups attached to an aromatic ring is 2. The van der Waals surface area contributed by atoms with Crippen molar-refractivity contribution in [2.75, 3.05) is 11.5 Å². The van der Waals surface area contributed by atoms with Gasteiger partial charge in [-0.2, -0.15) is 0 Å². The summed E-state index contributed by atoms with van der Waals surface area (Å²) in [7, 11) is 0. The minimum atomic E-state index is 0.600. The first-order valence-electron chi connectivity index (χ1n) is 24.5. The van der Waals surface area contributed by atoms with Crippen molar-refractivity contribution in [2.45, 2.75) is 0 Å². The summed E-state index contributed by atoms with van der Waals surface area (Å²) in [4.78, 5) is 5.34. The first-order chi connectivity index (χ1) is 36.0. The Balaban J connectivity index is 0.974.